The van der Waals surface area contributed by atoms with Crippen molar-refractivity contribution in [3.05, 3.63) is 29.8 Å². The summed E-state index contributed by atoms with van der Waals surface area (Å²) >= 11 is 0. The number of carboxylic acids is 1. The summed E-state index contributed by atoms with van der Waals surface area (Å²) in [6.45, 7) is -0.420. The van der Waals surface area contributed by atoms with Crippen molar-refractivity contribution < 1.29 is 32.7 Å². The first kappa shape index (κ1) is 20.0. The van der Waals surface area contributed by atoms with Crippen LogP contribution in [0.1, 0.15) is 18.4 Å². The van der Waals surface area contributed by atoms with E-state index in [2.05, 4.69) is 5.32 Å². The number of nitrogens with zero attached hydrogens (tertiary/aromatic N) is 2. The SMILES string of the molecule is O=C(O)[C@@H]1CN(C(=O)NCc2ccc(N3CCCC3=O)cc2)C[C@H]1C(F)(F)F. The van der Waals surface area contributed by atoms with Crippen LogP contribution in [-0.4, -0.2) is 53.7 Å². The molecule has 0 aliphatic carbocycles. The molecule has 3 rings (SSSR count). The first-order valence-electron chi connectivity index (χ1n) is 8.88. The lowest BCUT2D eigenvalue weighted by atomic mass is 9.96. The van der Waals surface area contributed by atoms with Crippen molar-refractivity contribution >= 4 is 23.6 Å². The lowest BCUT2D eigenvalue weighted by Gasteiger charge is -2.19. The highest BCUT2D eigenvalue weighted by atomic mass is 19.4. The molecule has 0 unspecified atom stereocenters. The Bertz CT molecular complexity index is 766. The van der Waals surface area contributed by atoms with Gasteiger partial charge in [-0.05, 0) is 24.1 Å². The summed E-state index contributed by atoms with van der Waals surface area (Å²) in [6.07, 6.45) is -3.35. The van der Waals surface area contributed by atoms with Gasteiger partial charge in [-0.25, -0.2) is 4.79 Å². The normalized spacial score (nSPS) is 22.6. The summed E-state index contributed by atoms with van der Waals surface area (Å²) in [6, 6.07) is 6.21. The summed E-state index contributed by atoms with van der Waals surface area (Å²) in [5, 5.41) is 11.5. The molecule has 1 aromatic carbocycles. The molecule has 2 fully saturated rings. The smallest absolute Gasteiger partial charge is 0.394 e. The van der Waals surface area contributed by atoms with Crippen LogP contribution in [-0.2, 0) is 16.1 Å². The minimum atomic E-state index is -4.68. The summed E-state index contributed by atoms with van der Waals surface area (Å²) in [7, 11) is 0. The number of carbonyl (C=O) groups excluding carboxylic acids is 2. The van der Waals surface area contributed by atoms with E-state index in [9.17, 15) is 27.6 Å². The van der Waals surface area contributed by atoms with Crippen LogP contribution in [0.4, 0.5) is 23.7 Å². The number of hydrogen-bond acceptors (Lipinski definition) is 3. The van der Waals surface area contributed by atoms with Gasteiger partial charge in [-0.2, -0.15) is 13.2 Å². The Morgan fingerprint density at radius 1 is 1.18 bits per heavy atom. The number of amides is 3. The Morgan fingerprint density at radius 2 is 1.86 bits per heavy atom. The number of likely N-dealkylation sites (tertiary alicyclic amines) is 1. The van der Waals surface area contributed by atoms with Crippen LogP contribution in [0.3, 0.4) is 0 Å². The van der Waals surface area contributed by atoms with Gasteiger partial charge >= 0.3 is 18.2 Å². The first-order chi connectivity index (χ1) is 13.2. The summed E-state index contributed by atoms with van der Waals surface area (Å²) < 4.78 is 39.0. The van der Waals surface area contributed by atoms with E-state index in [0.29, 0.717) is 18.5 Å². The molecule has 2 aliphatic rings. The topological polar surface area (TPSA) is 89.9 Å². The Balaban J connectivity index is 1.57. The molecule has 2 saturated heterocycles. The average Bonchev–Trinajstić information content (AvgIpc) is 3.26. The Kier molecular flexibility index (Phi) is 5.48. The molecule has 0 radical (unpaired) electrons. The van der Waals surface area contributed by atoms with Gasteiger partial charge in [0, 0.05) is 38.3 Å². The molecule has 1 aromatic rings. The van der Waals surface area contributed by atoms with Crippen molar-refractivity contribution in [2.75, 3.05) is 24.5 Å². The summed E-state index contributed by atoms with van der Waals surface area (Å²) in [5.41, 5.74) is 1.47. The molecule has 2 aliphatic heterocycles. The monoisotopic (exact) mass is 399 g/mol. The fourth-order valence-electron chi connectivity index (χ4n) is 3.56. The van der Waals surface area contributed by atoms with Crippen LogP contribution in [0.15, 0.2) is 24.3 Å². The number of nitrogens with one attached hydrogen (secondary N) is 1. The van der Waals surface area contributed by atoms with Crippen LogP contribution in [0.5, 0.6) is 0 Å². The standard InChI is InChI=1S/C18H20F3N3O4/c19-18(20,21)14-10-23(9-13(14)16(26)27)17(28)22-8-11-3-5-12(6-4-11)24-7-1-2-15(24)25/h3-6,13-14H,1-2,7-10H2,(H,22,28)(H,26,27)/t13-,14-/m1/s1. The maximum Gasteiger partial charge on any atom is 0.394 e. The highest BCUT2D eigenvalue weighted by molar-refractivity contribution is 5.95. The molecule has 2 heterocycles. The Hall–Kier alpha value is -2.78. The highest BCUT2D eigenvalue weighted by Crippen LogP contribution is 2.37. The largest absolute Gasteiger partial charge is 0.481 e. The van der Waals surface area contributed by atoms with E-state index >= 15 is 0 Å². The van der Waals surface area contributed by atoms with Crippen molar-refractivity contribution in [1.29, 1.82) is 0 Å². The van der Waals surface area contributed by atoms with Gasteiger partial charge in [0.1, 0.15) is 0 Å². The number of carbonyl (C=O) groups is 3. The van der Waals surface area contributed by atoms with Crippen molar-refractivity contribution in [1.82, 2.24) is 10.2 Å². The number of hydrogen-bond donors (Lipinski definition) is 2. The zero-order valence-electron chi connectivity index (χ0n) is 14.9. The molecule has 2 atom stereocenters. The predicted molar refractivity (Wildman–Crippen MR) is 92.5 cm³/mol. The molecule has 0 saturated carbocycles. The second kappa shape index (κ2) is 7.69. The number of urea groups is 1. The molecule has 2 N–H and O–H groups in total. The van der Waals surface area contributed by atoms with E-state index in [-0.39, 0.29) is 12.5 Å². The zero-order chi connectivity index (χ0) is 20.5. The number of benzene rings is 1. The quantitative estimate of drug-likeness (QED) is 0.813. The Morgan fingerprint density at radius 3 is 2.36 bits per heavy atom. The predicted octanol–water partition coefficient (Wildman–Crippen LogP) is 2.22. The number of anilines is 1. The minimum Gasteiger partial charge on any atom is -0.481 e. The summed E-state index contributed by atoms with van der Waals surface area (Å²) in [5.74, 6) is -5.25. The first-order valence-corrected chi connectivity index (χ1v) is 8.88. The van der Waals surface area contributed by atoms with Crippen molar-refractivity contribution in [2.45, 2.75) is 25.6 Å². The number of carboxylic acid groups (broad SMARTS) is 1. The lowest BCUT2D eigenvalue weighted by molar-refractivity contribution is -0.187. The van der Waals surface area contributed by atoms with E-state index in [4.69, 9.17) is 5.11 Å². The van der Waals surface area contributed by atoms with E-state index in [0.717, 1.165) is 17.0 Å². The van der Waals surface area contributed by atoms with Crippen LogP contribution in [0.2, 0.25) is 0 Å². The fraction of sp³-hybridized carbons (Fsp3) is 0.500. The zero-order valence-corrected chi connectivity index (χ0v) is 14.9. The maximum absolute atomic E-state index is 13.0. The molecule has 10 heteroatoms. The molecule has 0 bridgehead atoms. The van der Waals surface area contributed by atoms with Gasteiger partial charge in [-0.3, -0.25) is 9.59 Å². The van der Waals surface area contributed by atoms with Crippen LogP contribution < -0.4 is 10.2 Å². The van der Waals surface area contributed by atoms with Gasteiger partial charge in [0.2, 0.25) is 5.91 Å². The average molecular weight is 399 g/mol. The second-order valence-corrected chi connectivity index (χ2v) is 6.97. The molecule has 0 aromatic heterocycles. The fourth-order valence-corrected chi connectivity index (χ4v) is 3.56. The third-order valence-electron chi connectivity index (χ3n) is 5.11. The third-order valence-corrected chi connectivity index (χ3v) is 5.11. The van der Waals surface area contributed by atoms with E-state index < -0.39 is 43.1 Å². The molecule has 7 nitrogen and oxygen atoms in total. The molecule has 0 spiro atoms. The van der Waals surface area contributed by atoms with Crippen LogP contribution >= 0.6 is 0 Å². The van der Waals surface area contributed by atoms with Crippen molar-refractivity contribution in [2.24, 2.45) is 11.8 Å². The molecular formula is C18H20F3N3O4. The molecule has 28 heavy (non-hydrogen) atoms. The molecule has 3 amide bonds. The van der Waals surface area contributed by atoms with E-state index in [1.54, 1.807) is 29.2 Å². The number of aliphatic carboxylic acids is 1. The van der Waals surface area contributed by atoms with E-state index in [1.807, 2.05) is 0 Å². The van der Waals surface area contributed by atoms with Gasteiger partial charge in [0.05, 0.1) is 11.8 Å². The number of alkyl halides is 3. The number of halogens is 3. The molecular weight excluding hydrogens is 379 g/mol. The summed E-state index contributed by atoms with van der Waals surface area (Å²) in [4.78, 5) is 37.6. The van der Waals surface area contributed by atoms with Gasteiger partial charge < -0.3 is 20.2 Å². The maximum atomic E-state index is 13.0. The molecule has 152 valence electrons. The minimum absolute atomic E-state index is 0.0577. The lowest BCUT2D eigenvalue weighted by Crippen LogP contribution is -2.39. The number of rotatable bonds is 4. The Labute approximate surface area is 159 Å². The second-order valence-electron chi connectivity index (χ2n) is 6.97. The van der Waals surface area contributed by atoms with Crippen molar-refractivity contribution in [3.63, 3.8) is 0 Å². The van der Waals surface area contributed by atoms with Gasteiger partial charge in [0.15, 0.2) is 0 Å². The van der Waals surface area contributed by atoms with Gasteiger partial charge in [-0.1, -0.05) is 12.1 Å². The van der Waals surface area contributed by atoms with Gasteiger partial charge in [-0.15, -0.1) is 0 Å². The van der Waals surface area contributed by atoms with E-state index in [1.165, 1.54) is 0 Å². The van der Waals surface area contributed by atoms with Crippen LogP contribution in [0.25, 0.3) is 0 Å². The third kappa shape index (κ3) is 4.20. The van der Waals surface area contributed by atoms with Crippen molar-refractivity contribution in [3.8, 4) is 0 Å². The van der Waals surface area contributed by atoms with Crippen LogP contribution in [0, 0.1) is 11.8 Å². The highest BCUT2D eigenvalue weighted by Gasteiger charge is 2.53. The van der Waals surface area contributed by atoms with Gasteiger partial charge in [0.25, 0.3) is 0 Å².